The van der Waals surface area contributed by atoms with Crippen molar-refractivity contribution >= 4 is 6.15 Å². The Balaban J connectivity index is -0.000000113. The zero-order valence-corrected chi connectivity index (χ0v) is 11.2. The van der Waals surface area contributed by atoms with E-state index in [9.17, 15) is 0 Å². The Morgan fingerprint density at radius 2 is 1.33 bits per heavy atom. The maximum absolute atomic E-state index is 8.12. The van der Waals surface area contributed by atoms with Gasteiger partial charge in [0.2, 0.25) is 0 Å². The molecule has 0 aliphatic carbocycles. The van der Waals surface area contributed by atoms with Crippen LogP contribution in [0.5, 0.6) is 0 Å². The van der Waals surface area contributed by atoms with E-state index in [1.165, 1.54) is 18.4 Å². The van der Waals surface area contributed by atoms with Crippen LogP contribution in [0, 0.1) is 5.41 Å². The highest BCUT2D eigenvalue weighted by Crippen LogP contribution is 2.32. The van der Waals surface area contributed by atoms with Crippen molar-refractivity contribution in [3.63, 3.8) is 0 Å². The highest BCUT2D eigenvalue weighted by molar-refractivity contribution is 5.20. The van der Waals surface area contributed by atoms with Crippen molar-refractivity contribution in [3.8, 4) is 0 Å². The average Bonchev–Trinajstić information content (AvgIpc) is 2.27. The van der Waals surface area contributed by atoms with E-state index in [1.807, 2.05) is 0 Å². The molecule has 2 heteroatoms. The molecule has 1 atom stereocenters. The summed E-state index contributed by atoms with van der Waals surface area (Å²) in [4.78, 5) is 16.2. The third-order valence-corrected chi connectivity index (χ3v) is 2.62. The van der Waals surface area contributed by atoms with E-state index in [0.29, 0.717) is 5.41 Å². The van der Waals surface area contributed by atoms with Crippen LogP contribution in [0.4, 0.5) is 0 Å². The average molecular weight is 299 g/mol. The molecule has 1 aromatic rings. The molecular formula is C19H38O2. The molecule has 2 nitrogen and oxygen atoms in total. The molecule has 0 spiro atoms. The number of rotatable bonds is 3. The fraction of sp³-hybridized carbons (Fsp3) is 0.632. The summed E-state index contributed by atoms with van der Waals surface area (Å²) in [5.74, 6) is 0.719. The van der Waals surface area contributed by atoms with Gasteiger partial charge in [0.1, 0.15) is 0 Å². The van der Waals surface area contributed by atoms with Crippen molar-refractivity contribution in [1.29, 1.82) is 0 Å². The second kappa shape index (κ2) is 16.7. The van der Waals surface area contributed by atoms with Crippen LogP contribution in [0.25, 0.3) is 0 Å². The molecule has 0 heterocycles. The van der Waals surface area contributed by atoms with Crippen LogP contribution in [0.1, 0.15) is 81.7 Å². The van der Waals surface area contributed by atoms with Gasteiger partial charge in [-0.2, -0.15) is 9.59 Å². The molecule has 21 heavy (non-hydrogen) atoms. The maximum atomic E-state index is 8.12. The van der Waals surface area contributed by atoms with E-state index < -0.39 is 0 Å². The summed E-state index contributed by atoms with van der Waals surface area (Å²) in [5.41, 5.74) is 1.92. The van der Waals surface area contributed by atoms with Crippen molar-refractivity contribution < 1.29 is 9.59 Å². The smallest absolute Gasteiger partial charge is 0.186 e. The highest BCUT2D eigenvalue weighted by atomic mass is 16.2. The summed E-state index contributed by atoms with van der Waals surface area (Å²) < 4.78 is 0. The summed E-state index contributed by atoms with van der Waals surface area (Å²) in [6.07, 6.45) is 2.76. The molecular weight excluding hydrogens is 260 g/mol. The fourth-order valence-electron chi connectivity index (χ4n) is 1.96. The minimum atomic E-state index is 0. The Bertz CT molecular complexity index is 330. The second-order valence-electron chi connectivity index (χ2n) is 5.36. The molecule has 1 unspecified atom stereocenters. The van der Waals surface area contributed by atoms with Crippen LogP contribution >= 0.6 is 0 Å². The van der Waals surface area contributed by atoms with Gasteiger partial charge in [0.05, 0.1) is 0 Å². The van der Waals surface area contributed by atoms with E-state index in [4.69, 9.17) is 9.59 Å². The first-order chi connectivity index (χ1) is 7.94. The number of hydrogen-bond acceptors (Lipinski definition) is 2. The van der Waals surface area contributed by atoms with Crippen LogP contribution in [0.2, 0.25) is 0 Å². The monoisotopic (exact) mass is 298 g/mol. The van der Waals surface area contributed by atoms with Gasteiger partial charge in [-0.1, -0.05) is 87.7 Å². The molecule has 0 bridgehead atoms. The quantitative estimate of drug-likeness (QED) is 0.631. The van der Waals surface area contributed by atoms with Gasteiger partial charge in [0, 0.05) is 0 Å². The molecule has 0 fully saturated rings. The maximum Gasteiger partial charge on any atom is 0.373 e. The lowest BCUT2D eigenvalue weighted by Gasteiger charge is -2.25. The molecule has 1 rings (SSSR count). The number of hydrogen-bond donors (Lipinski definition) is 0. The van der Waals surface area contributed by atoms with Crippen molar-refractivity contribution in [2.45, 2.75) is 76.2 Å². The summed E-state index contributed by atoms with van der Waals surface area (Å²) in [6.45, 7) is 9.24. The molecule has 126 valence electrons. The van der Waals surface area contributed by atoms with E-state index in [0.717, 1.165) is 5.92 Å². The SMILES string of the molecule is C.C.C.C.CCC(CC(C)(C)C)c1ccccc1.O=C=O. The highest BCUT2D eigenvalue weighted by Gasteiger charge is 2.18. The first-order valence-electron chi connectivity index (χ1n) is 5.98. The van der Waals surface area contributed by atoms with Crippen LogP contribution in [0.15, 0.2) is 30.3 Å². The van der Waals surface area contributed by atoms with Gasteiger partial charge in [-0.15, -0.1) is 0 Å². The molecule has 0 radical (unpaired) electrons. The van der Waals surface area contributed by atoms with Crippen molar-refractivity contribution in [2.75, 3.05) is 0 Å². The fourth-order valence-corrected chi connectivity index (χ4v) is 1.96. The van der Waals surface area contributed by atoms with E-state index in [-0.39, 0.29) is 35.9 Å². The molecule has 1 aromatic carbocycles. The Labute approximate surface area is 134 Å². The lowest BCUT2D eigenvalue weighted by atomic mass is 9.80. The minimum absolute atomic E-state index is 0. The van der Waals surface area contributed by atoms with Crippen LogP contribution in [0.3, 0.4) is 0 Å². The molecule has 0 aliphatic heterocycles. The van der Waals surface area contributed by atoms with E-state index >= 15 is 0 Å². The van der Waals surface area contributed by atoms with Crippen LogP contribution < -0.4 is 0 Å². The predicted octanol–water partition coefficient (Wildman–Crippen LogP) is 6.58. The normalized spacial score (nSPS) is 9.71. The van der Waals surface area contributed by atoms with Crippen LogP contribution in [-0.4, -0.2) is 6.15 Å². The first-order valence-corrected chi connectivity index (χ1v) is 5.98. The standard InChI is InChI=1S/C14H22.CO2.4CH4/c1-5-12(11-14(2,3)4)13-9-7-6-8-10-13;2-1-3;;;;/h6-10,12H,5,11H2,1-4H3;;4*1H4. The van der Waals surface area contributed by atoms with Gasteiger partial charge < -0.3 is 0 Å². The minimum Gasteiger partial charge on any atom is -0.186 e. The largest absolute Gasteiger partial charge is 0.373 e. The van der Waals surface area contributed by atoms with Gasteiger partial charge >= 0.3 is 6.15 Å². The van der Waals surface area contributed by atoms with Gasteiger partial charge in [-0.25, -0.2) is 0 Å². The van der Waals surface area contributed by atoms with Gasteiger partial charge in [-0.3, -0.25) is 0 Å². The second-order valence-corrected chi connectivity index (χ2v) is 5.36. The molecule has 0 saturated heterocycles. The number of benzene rings is 1. The lowest BCUT2D eigenvalue weighted by Crippen LogP contribution is -2.11. The first kappa shape index (κ1) is 31.8. The molecule has 0 amide bonds. The zero-order chi connectivity index (χ0) is 13.3. The van der Waals surface area contributed by atoms with Gasteiger partial charge in [0.15, 0.2) is 0 Å². The van der Waals surface area contributed by atoms with Crippen molar-refractivity contribution in [3.05, 3.63) is 35.9 Å². The Morgan fingerprint density at radius 1 is 0.952 bits per heavy atom. The molecule has 0 saturated carbocycles. The summed E-state index contributed by atoms with van der Waals surface area (Å²) in [6, 6.07) is 10.9. The summed E-state index contributed by atoms with van der Waals surface area (Å²) >= 11 is 0. The van der Waals surface area contributed by atoms with E-state index in [2.05, 4.69) is 58.0 Å². The molecule has 0 aromatic heterocycles. The third-order valence-electron chi connectivity index (χ3n) is 2.62. The number of carbonyl (C=O) groups excluding carboxylic acids is 2. The molecule has 0 aliphatic rings. The summed E-state index contributed by atoms with van der Waals surface area (Å²) in [7, 11) is 0. The lowest BCUT2D eigenvalue weighted by molar-refractivity contribution is -0.191. The van der Waals surface area contributed by atoms with Crippen molar-refractivity contribution in [2.24, 2.45) is 5.41 Å². The van der Waals surface area contributed by atoms with Crippen molar-refractivity contribution in [1.82, 2.24) is 0 Å². The third kappa shape index (κ3) is 16.5. The summed E-state index contributed by atoms with van der Waals surface area (Å²) in [5, 5.41) is 0. The van der Waals surface area contributed by atoms with Gasteiger partial charge in [-0.05, 0) is 29.7 Å². The zero-order valence-electron chi connectivity index (χ0n) is 11.2. The Morgan fingerprint density at radius 3 is 1.62 bits per heavy atom. The predicted molar refractivity (Wildman–Crippen MR) is 95.5 cm³/mol. The molecule has 0 N–H and O–H groups in total. The topological polar surface area (TPSA) is 34.1 Å². The Hall–Kier alpha value is -1.40. The van der Waals surface area contributed by atoms with E-state index in [1.54, 1.807) is 0 Å². The Kier molecular flexibility index (Phi) is 25.2. The van der Waals surface area contributed by atoms with Gasteiger partial charge in [0.25, 0.3) is 0 Å². The van der Waals surface area contributed by atoms with Crippen LogP contribution in [-0.2, 0) is 9.59 Å².